The van der Waals surface area contributed by atoms with Gasteiger partial charge < -0.3 is 39.6 Å². The second-order valence-corrected chi connectivity index (χ2v) is 17.8. The number of allylic oxidation sites excluding steroid dienone is 1. The van der Waals surface area contributed by atoms with E-state index in [4.69, 9.17) is 18.9 Å². The molecule has 62 heavy (non-hydrogen) atoms. The zero-order valence-corrected chi connectivity index (χ0v) is 35.5. The maximum absolute atomic E-state index is 15.5. The lowest BCUT2D eigenvalue weighted by Gasteiger charge is -2.67. The number of hydrogen-bond donors (Lipinski definition) is 4. The highest BCUT2D eigenvalue weighted by Crippen LogP contribution is 2.65. The van der Waals surface area contributed by atoms with Gasteiger partial charge in [0.15, 0.2) is 23.3 Å². The Balaban J connectivity index is 1.39. The topological polar surface area (TPSA) is 212 Å². The number of Topliss-reactive ketones (excluding diaryl/α,β-unsaturated/α-hetero) is 2. The van der Waals surface area contributed by atoms with Crippen LogP contribution in [0.5, 0.6) is 0 Å². The fraction of sp³-hybridized carbons (Fsp3) is 0.458. The summed E-state index contributed by atoms with van der Waals surface area (Å²) in [5, 5.41) is 40.5. The van der Waals surface area contributed by atoms with Gasteiger partial charge in [-0.15, -0.1) is 0 Å². The van der Waals surface area contributed by atoms with Gasteiger partial charge in [-0.05, 0) is 61.6 Å². The molecule has 1 aliphatic heterocycles. The summed E-state index contributed by atoms with van der Waals surface area (Å²) in [4.78, 5) is 83.8. The summed E-state index contributed by atoms with van der Waals surface area (Å²) in [5.41, 5.74) is -6.23. The SMILES string of the molecule is CC(=O)O[C@H]1C(=O)[C@@]2(C)[C@H]([C@H](OC(=O)c3ccccc3)[C@]3(O)C[C@H](CC(=O)[C@H](O)[C@@H](NC(=O)c4ccccc4)c4ccccc4)C(C)=C1C3(C)C)[C@]1(OC(C)=O)CO[C@@H]1C[C@@H]2O. The number of aliphatic hydroxyl groups is 3. The number of hydrogen-bond acceptors (Lipinski definition) is 13. The molecule has 3 fully saturated rings. The second-order valence-electron chi connectivity index (χ2n) is 17.8. The van der Waals surface area contributed by atoms with Crippen LogP contribution in [0, 0.1) is 22.7 Å². The van der Waals surface area contributed by atoms with Crippen molar-refractivity contribution in [3.8, 4) is 0 Å². The lowest BCUT2D eigenvalue weighted by Crippen LogP contribution is -2.81. The average Bonchev–Trinajstić information content (AvgIpc) is 3.24. The van der Waals surface area contributed by atoms with Crippen molar-refractivity contribution >= 4 is 35.4 Å². The summed E-state index contributed by atoms with van der Waals surface area (Å²) in [5.74, 6) is -7.06. The molecule has 0 aromatic heterocycles. The first-order valence-corrected chi connectivity index (χ1v) is 20.8. The Morgan fingerprint density at radius 1 is 0.855 bits per heavy atom. The highest BCUT2D eigenvalue weighted by atomic mass is 16.6. The number of carbonyl (C=O) groups is 6. The molecule has 3 aromatic rings. The van der Waals surface area contributed by atoms with Gasteiger partial charge in [-0.1, -0.05) is 86.2 Å². The number of fused-ring (bicyclic) bond motifs is 5. The molecule has 1 heterocycles. The lowest BCUT2D eigenvalue weighted by molar-refractivity contribution is -0.345. The molecule has 1 amide bonds. The number of ether oxygens (including phenoxy) is 4. The molecule has 2 saturated carbocycles. The number of esters is 3. The van der Waals surface area contributed by atoms with Crippen LogP contribution in [0.15, 0.2) is 102 Å². The van der Waals surface area contributed by atoms with E-state index in [1.54, 1.807) is 99.6 Å². The molecule has 328 valence electrons. The van der Waals surface area contributed by atoms with Crippen molar-refractivity contribution in [2.24, 2.45) is 22.7 Å². The molecule has 3 aromatic carbocycles. The smallest absolute Gasteiger partial charge is 0.338 e. The van der Waals surface area contributed by atoms with Gasteiger partial charge in [-0.2, -0.15) is 0 Å². The minimum atomic E-state index is -2.27. The van der Waals surface area contributed by atoms with E-state index in [-0.39, 0.29) is 30.6 Å². The number of ketones is 2. The summed E-state index contributed by atoms with van der Waals surface area (Å²) in [6.07, 6.45) is -8.78. The monoisotopic (exact) mass is 851 g/mol. The molecule has 1 saturated heterocycles. The van der Waals surface area contributed by atoms with E-state index in [2.05, 4.69) is 5.32 Å². The zero-order chi connectivity index (χ0) is 44.9. The minimum Gasteiger partial charge on any atom is -0.455 e. The Bertz CT molecular complexity index is 2280. The van der Waals surface area contributed by atoms with Crippen molar-refractivity contribution in [1.29, 1.82) is 0 Å². The van der Waals surface area contributed by atoms with Crippen molar-refractivity contribution in [2.75, 3.05) is 6.61 Å². The van der Waals surface area contributed by atoms with Crippen LogP contribution >= 0.6 is 0 Å². The Morgan fingerprint density at radius 2 is 1.44 bits per heavy atom. The first-order chi connectivity index (χ1) is 29.3. The molecule has 11 atom stereocenters. The normalized spacial score (nSPS) is 31.9. The van der Waals surface area contributed by atoms with E-state index < -0.39 is 112 Å². The van der Waals surface area contributed by atoms with Crippen LogP contribution < -0.4 is 5.32 Å². The van der Waals surface area contributed by atoms with Gasteiger partial charge in [0.05, 0.1) is 35.6 Å². The molecule has 4 aliphatic rings. The summed E-state index contributed by atoms with van der Waals surface area (Å²) >= 11 is 0. The molecule has 2 bridgehead atoms. The van der Waals surface area contributed by atoms with Crippen molar-refractivity contribution in [1.82, 2.24) is 5.32 Å². The van der Waals surface area contributed by atoms with Gasteiger partial charge in [0.25, 0.3) is 5.91 Å². The molecule has 3 aliphatic carbocycles. The van der Waals surface area contributed by atoms with Crippen molar-refractivity contribution in [3.63, 3.8) is 0 Å². The molecule has 0 spiro atoms. The van der Waals surface area contributed by atoms with Crippen LogP contribution in [-0.4, -0.2) is 99.0 Å². The number of rotatable bonds is 11. The van der Waals surface area contributed by atoms with Crippen LogP contribution in [0.3, 0.4) is 0 Å². The van der Waals surface area contributed by atoms with Gasteiger partial charge in [0.2, 0.25) is 0 Å². The van der Waals surface area contributed by atoms with Crippen molar-refractivity contribution in [2.45, 2.75) is 109 Å². The summed E-state index contributed by atoms with van der Waals surface area (Å²) in [6.45, 7) is 8.32. The molecule has 14 heteroatoms. The fourth-order valence-electron chi connectivity index (χ4n) is 10.6. The van der Waals surface area contributed by atoms with E-state index >= 15 is 4.79 Å². The molecular formula is C48H53NO13. The fourth-order valence-corrected chi connectivity index (χ4v) is 10.6. The number of aliphatic hydroxyl groups excluding tert-OH is 2. The lowest BCUT2D eigenvalue weighted by atomic mass is 9.44. The van der Waals surface area contributed by atoms with Crippen LogP contribution in [0.25, 0.3) is 0 Å². The molecule has 14 nitrogen and oxygen atoms in total. The maximum Gasteiger partial charge on any atom is 0.338 e. The third kappa shape index (κ3) is 7.36. The quantitative estimate of drug-likeness (QED) is 0.120. The largest absolute Gasteiger partial charge is 0.455 e. The molecular weight excluding hydrogens is 799 g/mol. The maximum atomic E-state index is 15.5. The number of benzene rings is 3. The van der Waals surface area contributed by atoms with E-state index in [0.29, 0.717) is 16.7 Å². The molecule has 0 radical (unpaired) electrons. The summed E-state index contributed by atoms with van der Waals surface area (Å²) < 4.78 is 24.3. The zero-order valence-electron chi connectivity index (χ0n) is 35.5. The number of carbonyl (C=O) groups excluding carboxylic acids is 6. The van der Waals surface area contributed by atoms with Crippen molar-refractivity contribution in [3.05, 3.63) is 119 Å². The third-order valence-corrected chi connectivity index (χ3v) is 13.9. The first kappa shape index (κ1) is 44.5. The Morgan fingerprint density at radius 3 is 1.98 bits per heavy atom. The second kappa shape index (κ2) is 16.6. The predicted octanol–water partition coefficient (Wildman–Crippen LogP) is 4.40. The van der Waals surface area contributed by atoms with Gasteiger partial charge in [-0.25, -0.2) is 4.79 Å². The predicted molar refractivity (Wildman–Crippen MR) is 221 cm³/mol. The first-order valence-electron chi connectivity index (χ1n) is 20.8. The van der Waals surface area contributed by atoms with E-state index in [9.17, 15) is 39.3 Å². The van der Waals surface area contributed by atoms with Gasteiger partial charge in [0, 0.05) is 37.7 Å². The summed E-state index contributed by atoms with van der Waals surface area (Å²) in [7, 11) is 0. The third-order valence-electron chi connectivity index (χ3n) is 13.9. The van der Waals surface area contributed by atoms with Crippen LogP contribution in [0.1, 0.15) is 93.1 Å². The van der Waals surface area contributed by atoms with Gasteiger partial charge in [-0.3, -0.25) is 24.0 Å². The van der Waals surface area contributed by atoms with Crippen LogP contribution in [-0.2, 0) is 38.1 Å². The van der Waals surface area contributed by atoms with Crippen LogP contribution in [0.4, 0.5) is 0 Å². The number of nitrogens with one attached hydrogen (secondary N) is 1. The molecule has 7 rings (SSSR count). The van der Waals surface area contributed by atoms with Gasteiger partial charge in [0.1, 0.15) is 23.9 Å². The Hall–Kier alpha value is -5.54. The van der Waals surface area contributed by atoms with E-state index in [0.717, 1.165) is 6.92 Å². The Kier molecular flexibility index (Phi) is 11.9. The highest BCUT2D eigenvalue weighted by Gasteiger charge is 2.78. The summed E-state index contributed by atoms with van der Waals surface area (Å²) in [6, 6.07) is 23.5. The average molecular weight is 852 g/mol. The van der Waals surface area contributed by atoms with Crippen LogP contribution in [0.2, 0.25) is 0 Å². The standard InChI is InChI=1S/C48H53NO13/c1-26-32(22-33(52)38(54)37(29-16-10-7-11-17-29)49-43(56)30-18-12-8-13-19-30)24-48(58)42(61-44(57)31-20-14-9-15-21-31)40-46(6,34(53)23-35-47(40,25-59-35)62-28(3)51)41(55)39(60-27(2)50)36(26)45(48,4)5/h7-21,32,34-35,37-40,42,53-54,58H,22-25H2,1-6H3,(H,49,56)/t32-,34-,35+,37-,38-,39+,40-,42-,46+,47-,48+/m0/s1. The van der Waals surface area contributed by atoms with E-state index in [1.165, 1.54) is 26.0 Å². The van der Waals surface area contributed by atoms with Gasteiger partial charge >= 0.3 is 17.9 Å². The highest BCUT2D eigenvalue weighted by molar-refractivity contribution is 5.96. The Labute approximate surface area is 359 Å². The number of amides is 1. The molecule has 0 unspecified atom stereocenters. The van der Waals surface area contributed by atoms with E-state index in [1.807, 2.05) is 0 Å². The minimum absolute atomic E-state index is 0.100. The van der Waals surface area contributed by atoms with Crippen molar-refractivity contribution < 1.29 is 63.0 Å². The molecule has 4 N–H and O–H groups in total.